The number of aliphatic hydroxyl groups excluding tert-OH is 1. The Bertz CT molecular complexity index is 1180. The quantitative estimate of drug-likeness (QED) is 0.188. The second-order valence-corrected chi connectivity index (χ2v) is 11.9. The molecule has 0 aliphatic rings. The third-order valence-corrected chi connectivity index (χ3v) is 8.06. The van der Waals surface area contributed by atoms with E-state index >= 15 is 0 Å². The van der Waals surface area contributed by atoms with Crippen LogP contribution in [-0.2, 0) is 30.3 Å². The van der Waals surface area contributed by atoms with Gasteiger partial charge in [0.2, 0.25) is 5.91 Å². The fraction of sp³-hybridized carbons (Fsp3) is 0.600. The first-order valence-corrected chi connectivity index (χ1v) is 15.0. The van der Waals surface area contributed by atoms with Gasteiger partial charge in [0.05, 0.1) is 25.1 Å². The lowest BCUT2D eigenvalue weighted by molar-refractivity contribution is -0.152. The monoisotopic (exact) mass is 629 g/mol. The standard InChI is InChI=1S/C30H42F3N3O6S/c1-18(2)24(36(5)26(38)12-13-30(31,32)33)16-25(42-20(4)37)28-35-23(17-43-28)27(39)34-22(14-19(3)29(40)41-6)15-21-10-8-7-9-11-21/h7-11,17-19,22,24-25,27,34,39H,12-16H2,1-6H3/t19-,22+,24+,25+,27?/m0/s1. The Morgan fingerprint density at radius 1 is 1.12 bits per heavy atom. The van der Waals surface area contributed by atoms with E-state index in [-0.39, 0.29) is 30.0 Å². The molecule has 2 aromatic rings. The maximum absolute atomic E-state index is 12.7. The number of ether oxygens (including phenoxy) is 2. The number of esters is 2. The third-order valence-electron chi connectivity index (χ3n) is 7.10. The molecule has 0 saturated carbocycles. The highest BCUT2D eigenvalue weighted by Gasteiger charge is 2.33. The number of alkyl halides is 3. The van der Waals surface area contributed by atoms with Gasteiger partial charge in [-0.25, -0.2) is 4.98 Å². The van der Waals surface area contributed by atoms with Crippen molar-refractivity contribution >= 4 is 29.2 Å². The van der Waals surface area contributed by atoms with E-state index in [4.69, 9.17) is 9.47 Å². The molecule has 2 N–H and O–H groups in total. The van der Waals surface area contributed by atoms with E-state index in [1.165, 1.54) is 26.0 Å². The van der Waals surface area contributed by atoms with Crippen LogP contribution in [0.2, 0.25) is 0 Å². The number of aliphatic hydroxyl groups is 1. The molecule has 1 aromatic carbocycles. The third kappa shape index (κ3) is 12.2. The van der Waals surface area contributed by atoms with Gasteiger partial charge in [0.25, 0.3) is 0 Å². The van der Waals surface area contributed by atoms with E-state index in [2.05, 4.69) is 10.3 Å². The second-order valence-electron chi connectivity index (χ2n) is 11.0. The molecule has 1 unspecified atom stereocenters. The van der Waals surface area contributed by atoms with Crippen LogP contribution in [0.4, 0.5) is 13.2 Å². The molecule has 1 heterocycles. The van der Waals surface area contributed by atoms with Crippen molar-refractivity contribution in [3.63, 3.8) is 0 Å². The Balaban J connectivity index is 2.23. The molecule has 1 aromatic heterocycles. The molecule has 0 aliphatic carbocycles. The molecule has 0 saturated heterocycles. The molecule has 0 spiro atoms. The number of carbonyl (C=O) groups excluding carboxylic acids is 3. The number of benzene rings is 1. The van der Waals surface area contributed by atoms with Crippen LogP contribution in [0.25, 0.3) is 0 Å². The zero-order valence-electron chi connectivity index (χ0n) is 25.4. The van der Waals surface area contributed by atoms with Gasteiger partial charge >= 0.3 is 18.1 Å². The van der Waals surface area contributed by atoms with Gasteiger partial charge in [-0.3, -0.25) is 19.7 Å². The Labute approximate surface area is 254 Å². The molecule has 9 nitrogen and oxygen atoms in total. The number of carbonyl (C=O) groups is 3. The first-order valence-electron chi connectivity index (χ1n) is 14.1. The van der Waals surface area contributed by atoms with Crippen LogP contribution in [-0.4, -0.2) is 65.3 Å². The van der Waals surface area contributed by atoms with Crippen LogP contribution >= 0.6 is 11.3 Å². The van der Waals surface area contributed by atoms with Crippen molar-refractivity contribution in [3.8, 4) is 0 Å². The maximum atomic E-state index is 12.7. The van der Waals surface area contributed by atoms with Gasteiger partial charge in [-0.2, -0.15) is 13.2 Å². The molecule has 0 bridgehead atoms. The van der Waals surface area contributed by atoms with Crippen LogP contribution in [0.15, 0.2) is 35.7 Å². The molecular weight excluding hydrogens is 587 g/mol. The number of amides is 1. The van der Waals surface area contributed by atoms with Crippen molar-refractivity contribution in [1.29, 1.82) is 0 Å². The summed E-state index contributed by atoms with van der Waals surface area (Å²) in [7, 11) is 2.76. The van der Waals surface area contributed by atoms with Gasteiger partial charge in [0.1, 0.15) is 11.2 Å². The van der Waals surface area contributed by atoms with Crippen molar-refractivity contribution < 1.29 is 42.1 Å². The van der Waals surface area contributed by atoms with Crippen molar-refractivity contribution in [2.45, 2.75) is 90.4 Å². The zero-order valence-corrected chi connectivity index (χ0v) is 26.2. The lowest BCUT2D eigenvalue weighted by atomic mass is 9.95. The molecule has 5 atom stereocenters. The largest absolute Gasteiger partial charge is 0.469 e. The minimum Gasteiger partial charge on any atom is -0.469 e. The summed E-state index contributed by atoms with van der Waals surface area (Å²) in [6, 6.07) is 8.74. The summed E-state index contributed by atoms with van der Waals surface area (Å²) in [6.07, 6.45) is -7.45. The van der Waals surface area contributed by atoms with Crippen molar-refractivity contribution in [1.82, 2.24) is 15.2 Å². The molecule has 0 radical (unpaired) electrons. The maximum Gasteiger partial charge on any atom is 0.389 e. The minimum absolute atomic E-state index is 0.106. The van der Waals surface area contributed by atoms with E-state index < -0.39 is 55.2 Å². The number of hydrogen-bond donors (Lipinski definition) is 2. The van der Waals surface area contributed by atoms with E-state index in [1.54, 1.807) is 12.3 Å². The summed E-state index contributed by atoms with van der Waals surface area (Å²) in [5.41, 5.74) is 1.28. The molecule has 43 heavy (non-hydrogen) atoms. The molecule has 1 amide bonds. The fourth-order valence-electron chi connectivity index (χ4n) is 4.82. The summed E-state index contributed by atoms with van der Waals surface area (Å²) in [5.74, 6) is -2.21. The molecular formula is C30H42F3N3O6S. The van der Waals surface area contributed by atoms with Gasteiger partial charge in [0, 0.05) is 44.3 Å². The lowest BCUT2D eigenvalue weighted by Gasteiger charge is -2.33. The Kier molecular flexibility index (Phi) is 14.1. The second kappa shape index (κ2) is 16.7. The normalized spacial score (nSPS) is 15.3. The summed E-state index contributed by atoms with van der Waals surface area (Å²) in [6.45, 7) is 6.63. The minimum atomic E-state index is -4.45. The predicted octanol–water partition coefficient (Wildman–Crippen LogP) is 5.35. The van der Waals surface area contributed by atoms with E-state index in [9.17, 15) is 32.7 Å². The van der Waals surface area contributed by atoms with E-state index in [1.807, 2.05) is 44.2 Å². The summed E-state index contributed by atoms with van der Waals surface area (Å²) in [4.78, 5) is 42.4. The Hall–Kier alpha value is -3.03. The average Bonchev–Trinajstić information content (AvgIpc) is 3.43. The smallest absolute Gasteiger partial charge is 0.389 e. The number of nitrogens with zero attached hydrogens (tertiary/aromatic N) is 2. The van der Waals surface area contributed by atoms with Crippen LogP contribution in [0.5, 0.6) is 0 Å². The number of halogens is 3. The average molecular weight is 630 g/mol. The zero-order chi connectivity index (χ0) is 32.3. The van der Waals surface area contributed by atoms with Crippen molar-refractivity contribution in [2.24, 2.45) is 11.8 Å². The van der Waals surface area contributed by atoms with Crippen molar-refractivity contribution in [3.05, 3.63) is 52.0 Å². The number of rotatable bonds is 16. The highest BCUT2D eigenvalue weighted by Crippen LogP contribution is 2.32. The molecule has 0 aliphatic heterocycles. The number of thiazole rings is 1. The van der Waals surface area contributed by atoms with Gasteiger partial charge < -0.3 is 19.5 Å². The highest BCUT2D eigenvalue weighted by atomic mass is 32.1. The number of nitrogens with one attached hydrogen (secondary N) is 1. The van der Waals surface area contributed by atoms with Gasteiger partial charge in [-0.15, -0.1) is 11.3 Å². The lowest BCUT2D eigenvalue weighted by Crippen LogP contribution is -2.42. The van der Waals surface area contributed by atoms with Crippen LogP contribution in [0, 0.1) is 11.8 Å². The molecule has 13 heteroatoms. The van der Waals surface area contributed by atoms with Gasteiger partial charge in [0.15, 0.2) is 6.10 Å². The highest BCUT2D eigenvalue weighted by molar-refractivity contribution is 7.09. The number of methoxy groups -OCH3 is 1. The fourth-order valence-corrected chi connectivity index (χ4v) is 5.70. The van der Waals surface area contributed by atoms with Crippen LogP contribution in [0.3, 0.4) is 0 Å². The first kappa shape index (κ1) is 36.2. The van der Waals surface area contributed by atoms with E-state index in [0.29, 0.717) is 17.8 Å². The number of hydrogen-bond acceptors (Lipinski definition) is 9. The van der Waals surface area contributed by atoms with Gasteiger partial charge in [-0.1, -0.05) is 51.1 Å². The summed E-state index contributed by atoms with van der Waals surface area (Å²) >= 11 is 1.15. The molecule has 240 valence electrons. The topological polar surface area (TPSA) is 118 Å². The first-order chi connectivity index (χ1) is 20.1. The van der Waals surface area contributed by atoms with Crippen LogP contribution in [0.1, 0.15) is 82.0 Å². The molecule has 0 fully saturated rings. The molecule has 2 rings (SSSR count). The number of aromatic nitrogens is 1. The van der Waals surface area contributed by atoms with E-state index in [0.717, 1.165) is 16.9 Å². The Morgan fingerprint density at radius 3 is 2.33 bits per heavy atom. The van der Waals surface area contributed by atoms with Crippen LogP contribution < -0.4 is 5.32 Å². The SMILES string of the molecule is COC(=O)[C@@H](C)C[C@H](Cc1ccccc1)NC(O)c1csc([C@@H](C[C@H](C(C)C)N(C)C(=O)CCC(F)(F)F)OC(C)=O)n1. The predicted molar refractivity (Wildman–Crippen MR) is 156 cm³/mol. The Morgan fingerprint density at radius 2 is 1.77 bits per heavy atom. The van der Waals surface area contributed by atoms with Gasteiger partial charge in [-0.05, 0) is 24.3 Å². The van der Waals surface area contributed by atoms with Crippen molar-refractivity contribution in [2.75, 3.05) is 14.2 Å². The summed E-state index contributed by atoms with van der Waals surface area (Å²) in [5, 5.41) is 16.2. The summed E-state index contributed by atoms with van der Waals surface area (Å²) < 4.78 is 48.5.